The molecule has 1 fully saturated rings. The topological polar surface area (TPSA) is 83.9 Å². The first-order chi connectivity index (χ1) is 12.5. The van der Waals surface area contributed by atoms with E-state index in [9.17, 15) is 14.4 Å². The van der Waals surface area contributed by atoms with Crippen molar-refractivity contribution in [1.29, 1.82) is 0 Å². The van der Waals surface area contributed by atoms with E-state index in [0.717, 1.165) is 22.2 Å². The van der Waals surface area contributed by atoms with Crippen LogP contribution in [0.25, 0.3) is 6.08 Å². The standard InChI is InChI=1S/C19H15NO5S/c1-25-15-8-4-12(5-9-15)10-16-17(21)20(19(24)26-16)11-13-2-6-14(7-3-13)18(22)23/h2-10H,11H2,1H3,(H,22,23)/b16-10-. The predicted molar refractivity (Wildman–Crippen MR) is 97.9 cm³/mol. The Morgan fingerprint density at radius 3 is 2.35 bits per heavy atom. The Bertz CT molecular complexity index is 887. The number of carbonyl (C=O) groups is 3. The highest BCUT2D eigenvalue weighted by atomic mass is 32.2. The number of carbonyl (C=O) groups excluding carboxylic acids is 2. The fourth-order valence-electron chi connectivity index (χ4n) is 2.42. The normalized spacial score (nSPS) is 15.6. The third-order valence-electron chi connectivity index (χ3n) is 3.83. The van der Waals surface area contributed by atoms with Crippen LogP contribution in [0, 0.1) is 0 Å². The van der Waals surface area contributed by atoms with Crippen LogP contribution in [-0.4, -0.2) is 34.2 Å². The average molecular weight is 369 g/mol. The molecule has 2 aromatic rings. The van der Waals surface area contributed by atoms with Gasteiger partial charge in [-0.15, -0.1) is 0 Å². The Hall–Kier alpha value is -3.06. The summed E-state index contributed by atoms with van der Waals surface area (Å²) < 4.78 is 5.09. The largest absolute Gasteiger partial charge is 0.497 e. The van der Waals surface area contributed by atoms with E-state index in [1.807, 2.05) is 0 Å². The number of nitrogens with zero attached hydrogens (tertiary/aromatic N) is 1. The van der Waals surface area contributed by atoms with Crippen LogP contribution >= 0.6 is 11.8 Å². The highest BCUT2D eigenvalue weighted by molar-refractivity contribution is 8.18. The van der Waals surface area contributed by atoms with Crippen LogP contribution in [0.1, 0.15) is 21.5 Å². The summed E-state index contributed by atoms with van der Waals surface area (Å²) in [6, 6.07) is 13.3. The first-order valence-electron chi connectivity index (χ1n) is 7.69. The number of hydrogen-bond donors (Lipinski definition) is 1. The van der Waals surface area contributed by atoms with Gasteiger partial charge in [0, 0.05) is 0 Å². The van der Waals surface area contributed by atoms with E-state index < -0.39 is 5.97 Å². The van der Waals surface area contributed by atoms with Gasteiger partial charge in [-0.3, -0.25) is 14.5 Å². The maximum atomic E-state index is 12.5. The highest BCUT2D eigenvalue weighted by Gasteiger charge is 2.34. The predicted octanol–water partition coefficient (Wildman–Crippen LogP) is 3.63. The van der Waals surface area contributed by atoms with Crippen molar-refractivity contribution < 1.29 is 24.2 Å². The maximum absolute atomic E-state index is 12.5. The number of methoxy groups -OCH3 is 1. The Labute approximate surface area is 154 Å². The fraction of sp³-hybridized carbons (Fsp3) is 0.105. The number of carboxylic acid groups (broad SMARTS) is 1. The van der Waals surface area contributed by atoms with Gasteiger partial charge in [0.05, 0.1) is 24.1 Å². The van der Waals surface area contributed by atoms with Gasteiger partial charge in [0.25, 0.3) is 11.1 Å². The van der Waals surface area contributed by atoms with E-state index >= 15 is 0 Å². The summed E-state index contributed by atoms with van der Waals surface area (Å²) >= 11 is 0.887. The molecule has 0 bridgehead atoms. The van der Waals surface area contributed by atoms with Gasteiger partial charge in [0.1, 0.15) is 5.75 Å². The number of rotatable bonds is 5. The average Bonchev–Trinajstić information content (AvgIpc) is 2.90. The van der Waals surface area contributed by atoms with E-state index in [1.165, 1.54) is 12.1 Å². The molecule has 26 heavy (non-hydrogen) atoms. The molecule has 1 aliphatic rings. The number of hydrogen-bond acceptors (Lipinski definition) is 5. The van der Waals surface area contributed by atoms with E-state index in [0.29, 0.717) is 16.2 Å². The van der Waals surface area contributed by atoms with Gasteiger partial charge in [0.15, 0.2) is 0 Å². The van der Waals surface area contributed by atoms with E-state index in [2.05, 4.69) is 0 Å². The zero-order valence-electron chi connectivity index (χ0n) is 13.8. The quantitative estimate of drug-likeness (QED) is 0.810. The molecule has 2 aromatic carbocycles. The molecule has 7 heteroatoms. The molecule has 2 amide bonds. The smallest absolute Gasteiger partial charge is 0.335 e. The third-order valence-corrected chi connectivity index (χ3v) is 4.74. The molecule has 3 rings (SSSR count). The summed E-state index contributed by atoms with van der Waals surface area (Å²) in [6.07, 6.45) is 1.66. The van der Waals surface area contributed by atoms with E-state index in [-0.39, 0.29) is 23.3 Å². The molecule has 0 unspecified atom stereocenters. The number of aromatic carboxylic acids is 1. The summed E-state index contributed by atoms with van der Waals surface area (Å²) in [5.74, 6) is -0.677. The molecule has 1 heterocycles. The molecule has 0 spiro atoms. The van der Waals surface area contributed by atoms with Crippen molar-refractivity contribution in [2.24, 2.45) is 0 Å². The second-order valence-corrected chi connectivity index (χ2v) is 6.54. The first kappa shape index (κ1) is 17.8. The van der Waals surface area contributed by atoms with E-state index in [4.69, 9.17) is 9.84 Å². The zero-order chi connectivity index (χ0) is 18.7. The monoisotopic (exact) mass is 369 g/mol. The van der Waals surface area contributed by atoms with Crippen molar-refractivity contribution in [3.8, 4) is 5.75 Å². The number of ether oxygens (including phenoxy) is 1. The van der Waals surface area contributed by atoms with Gasteiger partial charge in [-0.1, -0.05) is 24.3 Å². The lowest BCUT2D eigenvalue weighted by Gasteiger charge is -2.12. The molecule has 1 N–H and O–H groups in total. The van der Waals surface area contributed by atoms with Crippen LogP contribution in [0.5, 0.6) is 5.75 Å². The lowest BCUT2D eigenvalue weighted by Crippen LogP contribution is -2.27. The van der Waals surface area contributed by atoms with Crippen molar-refractivity contribution in [2.75, 3.05) is 7.11 Å². The Balaban J connectivity index is 1.75. The minimum atomic E-state index is -1.02. The van der Waals surface area contributed by atoms with Crippen molar-refractivity contribution in [1.82, 2.24) is 4.90 Å². The summed E-state index contributed by atoms with van der Waals surface area (Å²) in [5, 5.41) is 8.56. The van der Waals surface area contributed by atoms with Gasteiger partial charge < -0.3 is 9.84 Å². The Morgan fingerprint density at radius 1 is 1.12 bits per heavy atom. The molecule has 1 saturated heterocycles. The summed E-state index contributed by atoms with van der Waals surface area (Å²) in [7, 11) is 1.57. The maximum Gasteiger partial charge on any atom is 0.335 e. The van der Waals surface area contributed by atoms with Crippen LogP contribution in [0.4, 0.5) is 4.79 Å². The summed E-state index contributed by atoms with van der Waals surface area (Å²) in [4.78, 5) is 37.1. The minimum absolute atomic E-state index is 0.102. The summed E-state index contributed by atoms with van der Waals surface area (Å²) in [6.45, 7) is 0.102. The molecule has 0 aliphatic carbocycles. The SMILES string of the molecule is COc1ccc(/C=C2\SC(=O)N(Cc3ccc(C(=O)O)cc3)C2=O)cc1. The summed E-state index contributed by atoms with van der Waals surface area (Å²) in [5.41, 5.74) is 1.63. The molecule has 0 aromatic heterocycles. The number of amides is 2. The second-order valence-electron chi connectivity index (χ2n) is 5.54. The number of imide groups is 1. The lowest BCUT2D eigenvalue weighted by atomic mass is 10.1. The fourth-order valence-corrected chi connectivity index (χ4v) is 3.26. The van der Waals surface area contributed by atoms with Crippen molar-refractivity contribution in [3.63, 3.8) is 0 Å². The van der Waals surface area contributed by atoms with Crippen LogP contribution < -0.4 is 4.74 Å². The highest BCUT2D eigenvalue weighted by Crippen LogP contribution is 2.33. The van der Waals surface area contributed by atoms with Crippen LogP contribution in [0.2, 0.25) is 0 Å². The van der Waals surface area contributed by atoms with Gasteiger partial charge in [0.2, 0.25) is 0 Å². The molecular weight excluding hydrogens is 354 g/mol. The minimum Gasteiger partial charge on any atom is -0.497 e. The Morgan fingerprint density at radius 2 is 1.77 bits per heavy atom. The second kappa shape index (κ2) is 7.45. The van der Waals surface area contributed by atoms with Crippen LogP contribution in [0.3, 0.4) is 0 Å². The molecule has 6 nitrogen and oxygen atoms in total. The third kappa shape index (κ3) is 3.78. The van der Waals surface area contributed by atoms with Crippen molar-refractivity contribution >= 4 is 35.0 Å². The van der Waals surface area contributed by atoms with Crippen LogP contribution in [0.15, 0.2) is 53.4 Å². The number of thioether (sulfide) groups is 1. The van der Waals surface area contributed by atoms with Gasteiger partial charge in [-0.05, 0) is 53.2 Å². The van der Waals surface area contributed by atoms with Crippen molar-refractivity contribution in [2.45, 2.75) is 6.54 Å². The zero-order valence-corrected chi connectivity index (χ0v) is 14.7. The van der Waals surface area contributed by atoms with E-state index in [1.54, 1.807) is 49.6 Å². The molecule has 1 aliphatic heterocycles. The van der Waals surface area contributed by atoms with Crippen molar-refractivity contribution in [3.05, 3.63) is 70.1 Å². The number of benzene rings is 2. The first-order valence-corrected chi connectivity index (χ1v) is 8.51. The van der Waals surface area contributed by atoms with Gasteiger partial charge in [-0.2, -0.15) is 0 Å². The van der Waals surface area contributed by atoms with Crippen LogP contribution in [-0.2, 0) is 11.3 Å². The molecule has 0 saturated carbocycles. The Kier molecular flexibility index (Phi) is 5.09. The molecule has 0 atom stereocenters. The lowest BCUT2D eigenvalue weighted by molar-refractivity contribution is -0.123. The molecular formula is C19H15NO5S. The van der Waals surface area contributed by atoms with Gasteiger partial charge >= 0.3 is 5.97 Å². The van der Waals surface area contributed by atoms with Gasteiger partial charge in [-0.25, -0.2) is 4.79 Å². The molecule has 132 valence electrons. The number of carboxylic acids is 1. The molecule has 0 radical (unpaired) electrons.